The second-order valence-electron chi connectivity index (χ2n) is 4.33. The van der Waals surface area contributed by atoms with Crippen molar-refractivity contribution in [2.45, 2.75) is 6.54 Å². The molecule has 3 nitrogen and oxygen atoms in total. The summed E-state index contributed by atoms with van der Waals surface area (Å²) in [6.45, 7) is 0.555. The van der Waals surface area contributed by atoms with Crippen LogP contribution < -0.4 is 5.32 Å². The maximum atomic E-state index is 6.11. The highest BCUT2D eigenvalue weighted by atomic mass is 35.5. The number of benzene rings is 2. The molecule has 0 saturated heterocycles. The van der Waals surface area contributed by atoms with Gasteiger partial charge in [0.25, 0.3) is 0 Å². The topological polar surface area (TPSA) is 37.8 Å². The first-order chi connectivity index (χ1) is 9.72. The number of halogens is 2. The minimum Gasteiger partial charge on any atom is -0.378 e. The molecule has 1 aromatic heterocycles. The van der Waals surface area contributed by atoms with Gasteiger partial charge in [0.05, 0.1) is 40.2 Å². The Bertz CT molecular complexity index is 759. The zero-order chi connectivity index (χ0) is 13.9. The molecule has 0 aliphatic rings. The summed E-state index contributed by atoms with van der Waals surface area (Å²) in [7, 11) is 0. The number of nitrogens with zero attached hydrogens (tertiary/aromatic N) is 2. The molecule has 0 saturated carbocycles. The maximum absolute atomic E-state index is 6.11. The molecule has 0 aliphatic heterocycles. The van der Waals surface area contributed by atoms with Crippen LogP contribution in [0.3, 0.4) is 0 Å². The van der Waals surface area contributed by atoms with Crippen LogP contribution >= 0.6 is 23.2 Å². The lowest BCUT2D eigenvalue weighted by Gasteiger charge is -2.08. The lowest BCUT2D eigenvalue weighted by Crippen LogP contribution is -2.03. The highest BCUT2D eigenvalue weighted by Crippen LogP contribution is 2.25. The first-order valence-electron chi connectivity index (χ1n) is 6.12. The zero-order valence-corrected chi connectivity index (χ0v) is 12.0. The van der Waals surface area contributed by atoms with Crippen molar-refractivity contribution in [3.05, 3.63) is 64.4 Å². The number of hydrogen-bond donors (Lipinski definition) is 1. The predicted octanol–water partition coefficient (Wildman–Crippen LogP) is 4.55. The average Bonchev–Trinajstić information content (AvgIpc) is 2.46. The Morgan fingerprint density at radius 2 is 1.80 bits per heavy atom. The number of anilines is 1. The lowest BCUT2D eigenvalue weighted by molar-refractivity contribution is 1.04. The first kappa shape index (κ1) is 13.2. The number of fused-ring (bicyclic) bond motifs is 1. The summed E-state index contributed by atoms with van der Waals surface area (Å²) in [6, 6.07) is 13.1. The Morgan fingerprint density at radius 1 is 1.00 bits per heavy atom. The Balaban J connectivity index is 1.79. The van der Waals surface area contributed by atoms with Crippen LogP contribution in [0.2, 0.25) is 10.0 Å². The monoisotopic (exact) mass is 303 g/mol. The highest BCUT2D eigenvalue weighted by molar-refractivity contribution is 6.36. The number of aromatic nitrogens is 2. The average molecular weight is 304 g/mol. The van der Waals surface area contributed by atoms with Crippen LogP contribution in [0.1, 0.15) is 5.69 Å². The van der Waals surface area contributed by atoms with E-state index in [2.05, 4.69) is 15.3 Å². The van der Waals surface area contributed by atoms with Crippen LogP contribution in [-0.2, 0) is 6.54 Å². The number of hydrogen-bond acceptors (Lipinski definition) is 3. The van der Waals surface area contributed by atoms with Gasteiger partial charge in [0.1, 0.15) is 0 Å². The zero-order valence-electron chi connectivity index (χ0n) is 10.5. The molecule has 0 bridgehead atoms. The predicted molar refractivity (Wildman–Crippen MR) is 83.3 cm³/mol. The molecule has 0 amide bonds. The van der Waals surface area contributed by atoms with Gasteiger partial charge in [-0.15, -0.1) is 0 Å². The lowest BCUT2D eigenvalue weighted by atomic mass is 10.3. The van der Waals surface area contributed by atoms with E-state index >= 15 is 0 Å². The van der Waals surface area contributed by atoms with Gasteiger partial charge in [0, 0.05) is 5.02 Å². The van der Waals surface area contributed by atoms with Crippen LogP contribution in [0.15, 0.2) is 48.7 Å². The fraction of sp³-hybridized carbons (Fsp3) is 0.0667. The van der Waals surface area contributed by atoms with Gasteiger partial charge in [-0.3, -0.25) is 4.98 Å². The summed E-state index contributed by atoms with van der Waals surface area (Å²) < 4.78 is 0. The maximum Gasteiger partial charge on any atom is 0.0890 e. The third-order valence-electron chi connectivity index (χ3n) is 2.89. The van der Waals surface area contributed by atoms with Crippen LogP contribution in [0.4, 0.5) is 5.69 Å². The largest absolute Gasteiger partial charge is 0.378 e. The van der Waals surface area contributed by atoms with E-state index < -0.39 is 0 Å². The van der Waals surface area contributed by atoms with E-state index in [1.807, 2.05) is 30.3 Å². The van der Waals surface area contributed by atoms with Crippen molar-refractivity contribution < 1.29 is 0 Å². The molecule has 0 atom stereocenters. The van der Waals surface area contributed by atoms with E-state index in [1.165, 1.54) is 0 Å². The minimum absolute atomic E-state index is 0.555. The molecule has 100 valence electrons. The fourth-order valence-electron chi connectivity index (χ4n) is 1.90. The summed E-state index contributed by atoms with van der Waals surface area (Å²) in [5, 5.41) is 4.43. The van der Waals surface area contributed by atoms with Crippen LogP contribution in [0, 0.1) is 0 Å². The Morgan fingerprint density at radius 3 is 2.60 bits per heavy atom. The Hall–Kier alpha value is -1.84. The van der Waals surface area contributed by atoms with Crippen molar-refractivity contribution in [3.63, 3.8) is 0 Å². The van der Waals surface area contributed by atoms with Crippen molar-refractivity contribution in [3.8, 4) is 0 Å². The molecule has 20 heavy (non-hydrogen) atoms. The van der Waals surface area contributed by atoms with Crippen molar-refractivity contribution in [2.75, 3.05) is 5.32 Å². The molecule has 3 aromatic rings. The van der Waals surface area contributed by atoms with Crippen LogP contribution in [0.5, 0.6) is 0 Å². The molecule has 1 N–H and O–H groups in total. The molecular weight excluding hydrogens is 293 g/mol. The van der Waals surface area contributed by atoms with E-state index in [0.717, 1.165) is 22.4 Å². The van der Waals surface area contributed by atoms with Crippen molar-refractivity contribution in [1.29, 1.82) is 0 Å². The number of rotatable bonds is 3. The third kappa shape index (κ3) is 2.84. The van der Waals surface area contributed by atoms with E-state index in [-0.39, 0.29) is 0 Å². The van der Waals surface area contributed by atoms with Gasteiger partial charge in [0.15, 0.2) is 0 Å². The second-order valence-corrected chi connectivity index (χ2v) is 5.17. The van der Waals surface area contributed by atoms with E-state index in [4.69, 9.17) is 23.2 Å². The van der Waals surface area contributed by atoms with Crippen LogP contribution in [0.25, 0.3) is 11.0 Å². The van der Waals surface area contributed by atoms with Gasteiger partial charge in [-0.2, -0.15) is 0 Å². The van der Waals surface area contributed by atoms with Crippen molar-refractivity contribution >= 4 is 39.9 Å². The van der Waals surface area contributed by atoms with Gasteiger partial charge in [-0.25, -0.2) is 4.98 Å². The standard InChI is InChI=1S/C15H11Cl2N3/c16-10-5-6-13(12(17)7-10)18-8-11-9-19-14-3-1-2-4-15(14)20-11/h1-7,9,18H,8H2. The summed E-state index contributed by atoms with van der Waals surface area (Å²) in [4.78, 5) is 8.92. The van der Waals surface area contributed by atoms with Crippen molar-refractivity contribution in [2.24, 2.45) is 0 Å². The fourth-order valence-corrected chi connectivity index (χ4v) is 2.37. The Labute approximate surface area is 126 Å². The smallest absolute Gasteiger partial charge is 0.0890 e. The third-order valence-corrected chi connectivity index (χ3v) is 3.44. The summed E-state index contributed by atoms with van der Waals surface area (Å²) >= 11 is 12.0. The molecule has 3 rings (SSSR count). The second kappa shape index (κ2) is 5.65. The van der Waals surface area contributed by atoms with Gasteiger partial charge in [-0.05, 0) is 30.3 Å². The molecule has 1 heterocycles. The van der Waals surface area contributed by atoms with Gasteiger partial charge in [0.2, 0.25) is 0 Å². The number of para-hydroxylation sites is 2. The Kier molecular flexibility index (Phi) is 3.72. The molecule has 0 radical (unpaired) electrons. The van der Waals surface area contributed by atoms with Crippen molar-refractivity contribution in [1.82, 2.24) is 9.97 Å². The SMILES string of the molecule is Clc1ccc(NCc2cnc3ccccc3n2)c(Cl)c1. The number of nitrogens with one attached hydrogen (secondary N) is 1. The molecule has 2 aromatic carbocycles. The molecular formula is C15H11Cl2N3. The van der Waals surface area contributed by atoms with Gasteiger partial charge < -0.3 is 5.32 Å². The highest BCUT2D eigenvalue weighted by Gasteiger charge is 2.03. The first-order valence-corrected chi connectivity index (χ1v) is 6.87. The van der Waals surface area contributed by atoms with E-state index in [1.54, 1.807) is 18.3 Å². The summed E-state index contributed by atoms with van der Waals surface area (Å²) in [5.74, 6) is 0. The van der Waals surface area contributed by atoms with E-state index in [0.29, 0.717) is 16.6 Å². The quantitative estimate of drug-likeness (QED) is 0.771. The van der Waals surface area contributed by atoms with Gasteiger partial charge in [-0.1, -0.05) is 35.3 Å². The molecule has 0 fully saturated rings. The summed E-state index contributed by atoms with van der Waals surface area (Å²) in [6.07, 6.45) is 1.76. The van der Waals surface area contributed by atoms with E-state index in [9.17, 15) is 0 Å². The van der Waals surface area contributed by atoms with Gasteiger partial charge >= 0.3 is 0 Å². The molecule has 0 spiro atoms. The molecule has 0 unspecified atom stereocenters. The summed E-state index contributed by atoms with van der Waals surface area (Å²) in [5.41, 5.74) is 3.45. The molecule has 5 heteroatoms. The van der Waals surface area contributed by atoms with Crippen LogP contribution in [-0.4, -0.2) is 9.97 Å². The minimum atomic E-state index is 0.555. The normalized spacial score (nSPS) is 10.7. The molecule has 0 aliphatic carbocycles.